The van der Waals surface area contributed by atoms with Gasteiger partial charge in [-0.2, -0.15) is 0 Å². The summed E-state index contributed by atoms with van der Waals surface area (Å²) < 4.78 is 40.3. The van der Waals surface area contributed by atoms with Crippen LogP contribution >= 0.6 is 11.8 Å². The van der Waals surface area contributed by atoms with Crippen LogP contribution in [0.1, 0.15) is 20.3 Å². The molecule has 7 nitrogen and oxygen atoms in total. The predicted octanol–water partition coefficient (Wildman–Crippen LogP) is 3.16. The van der Waals surface area contributed by atoms with Gasteiger partial charge in [0.2, 0.25) is 11.8 Å². The van der Waals surface area contributed by atoms with Gasteiger partial charge in [-0.05, 0) is 44.2 Å². The van der Waals surface area contributed by atoms with Crippen molar-refractivity contribution in [3.05, 3.63) is 48.3 Å². The summed E-state index contributed by atoms with van der Waals surface area (Å²) in [6, 6.07) is 11.2. The van der Waals surface area contributed by atoms with Gasteiger partial charge in [-0.25, -0.2) is 12.8 Å². The number of nitrogens with one attached hydrogen (secondary N) is 1. The molecule has 1 saturated heterocycles. The molecule has 0 aromatic heterocycles. The first-order valence-electron chi connectivity index (χ1n) is 10.8. The van der Waals surface area contributed by atoms with Crippen LogP contribution in [0.15, 0.2) is 52.3 Å². The Balaban J connectivity index is 1.39. The van der Waals surface area contributed by atoms with Crippen molar-refractivity contribution >= 4 is 44.8 Å². The SMILES string of the molecule is C[C@H](CC(=O)N1CCN(c2ccccc2F)CC1)S(=O)(=O)c1ccc2c(c1)NC(=O)[C@@H](C)S2. The van der Waals surface area contributed by atoms with Crippen LogP contribution in [0.4, 0.5) is 15.8 Å². The van der Waals surface area contributed by atoms with Crippen molar-refractivity contribution in [3.8, 4) is 0 Å². The zero-order valence-electron chi connectivity index (χ0n) is 18.5. The van der Waals surface area contributed by atoms with E-state index in [1.54, 1.807) is 36.1 Å². The number of fused-ring (bicyclic) bond motifs is 1. The quantitative estimate of drug-likeness (QED) is 0.692. The number of benzene rings is 2. The Morgan fingerprint density at radius 2 is 1.88 bits per heavy atom. The number of halogens is 1. The number of thioether (sulfide) groups is 1. The maximum absolute atomic E-state index is 14.0. The molecule has 4 rings (SSSR count). The Labute approximate surface area is 197 Å². The molecule has 33 heavy (non-hydrogen) atoms. The summed E-state index contributed by atoms with van der Waals surface area (Å²) >= 11 is 1.38. The lowest BCUT2D eigenvalue weighted by Crippen LogP contribution is -2.49. The lowest BCUT2D eigenvalue weighted by molar-refractivity contribution is -0.131. The molecule has 2 aliphatic rings. The summed E-state index contributed by atoms with van der Waals surface area (Å²) in [6.07, 6.45) is -0.142. The van der Waals surface area contributed by atoms with Crippen molar-refractivity contribution in [1.29, 1.82) is 0 Å². The van der Waals surface area contributed by atoms with E-state index in [1.165, 1.54) is 36.9 Å². The van der Waals surface area contributed by atoms with Crippen LogP contribution < -0.4 is 10.2 Å². The molecule has 2 heterocycles. The highest BCUT2D eigenvalue weighted by atomic mass is 32.2. The Bertz CT molecular complexity index is 1180. The van der Waals surface area contributed by atoms with E-state index in [2.05, 4.69) is 5.32 Å². The van der Waals surface area contributed by atoms with Gasteiger partial charge in [0.25, 0.3) is 0 Å². The average Bonchev–Trinajstić information content (AvgIpc) is 2.80. The lowest BCUT2D eigenvalue weighted by Gasteiger charge is -2.36. The largest absolute Gasteiger partial charge is 0.366 e. The normalized spacial score (nSPS) is 19.6. The van der Waals surface area contributed by atoms with Gasteiger partial charge in [-0.1, -0.05) is 12.1 Å². The third kappa shape index (κ3) is 4.86. The number of para-hydroxylation sites is 1. The summed E-state index contributed by atoms with van der Waals surface area (Å²) in [6.45, 7) is 5.08. The van der Waals surface area contributed by atoms with Gasteiger partial charge in [-0.15, -0.1) is 11.8 Å². The molecule has 0 bridgehead atoms. The fourth-order valence-electron chi connectivity index (χ4n) is 3.99. The van der Waals surface area contributed by atoms with Crippen LogP contribution in [-0.2, 0) is 19.4 Å². The van der Waals surface area contributed by atoms with Gasteiger partial charge < -0.3 is 15.1 Å². The molecule has 176 valence electrons. The van der Waals surface area contributed by atoms with Crippen LogP contribution in [0, 0.1) is 5.82 Å². The Morgan fingerprint density at radius 1 is 1.18 bits per heavy atom. The second-order valence-corrected chi connectivity index (χ2v) is 12.0. The highest BCUT2D eigenvalue weighted by Crippen LogP contribution is 2.37. The summed E-state index contributed by atoms with van der Waals surface area (Å²) in [7, 11) is -3.76. The van der Waals surface area contributed by atoms with Crippen molar-refractivity contribution in [2.75, 3.05) is 36.4 Å². The van der Waals surface area contributed by atoms with E-state index in [1.807, 2.05) is 4.90 Å². The molecule has 2 atom stereocenters. The van der Waals surface area contributed by atoms with E-state index in [-0.39, 0.29) is 34.2 Å². The zero-order valence-corrected chi connectivity index (χ0v) is 20.1. The number of hydrogen-bond donors (Lipinski definition) is 1. The molecular weight excluding hydrogens is 465 g/mol. The third-order valence-corrected chi connectivity index (χ3v) is 9.34. The summed E-state index contributed by atoms with van der Waals surface area (Å²) in [5.74, 6) is -0.708. The molecule has 1 N–H and O–H groups in total. The molecule has 0 radical (unpaired) electrons. The van der Waals surface area contributed by atoms with Crippen molar-refractivity contribution in [2.24, 2.45) is 0 Å². The number of anilines is 2. The predicted molar refractivity (Wildman–Crippen MR) is 127 cm³/mol. The van der Waals surface area contributed by atoms with Gasteiger partial charge in [0, 0.05) is 37.5 Å². The first kappa shape index (κ1) is 23.6. The Kier molecular flexibility index (Phi) is 6.67. The summed E-state index contributed by atoms with van der Waals surface area (Å²) in [4.78, 5) is 29.2. The minimum atomic E-state index is -3.76. The molecule has 2 aromatic rings. The number of carbonyl (C=O) groups is 2. The number of sulfone groups is 1. The van der Waals surface area contributed by atoms with E-state index in [0.717, 1.165) is 4.90 Å². The van der Waals surface area contributed by atoms with E-state index in [9.17, 15) is 22.4 Å². The van der Waals surface area contributed by atoms with E-state index in [4.69, 9.17) is 0 Å². The van der Waals surface area contributed by atoms with Crippen molar-refractivity contribution in [3.63, 3.8) is 0 Å². The molecule has 2 aromatic carbocycles. The second-order valence-electron chi connectivity index (χ2n) is 8.29. The number of carbonyl (C=O) groups excluding carboxylic acids is 2. The highest BCUT2D eigenvalue weighted by molar-refractivity contribution is 8.01. The van der Waals surface area contributed by atoms with Gasteiger partial charge in [0.1, 0.15) is 5.82 Å². The van der Waals surface area contributed by atoms with Gasteiger partial charge in [-0.3, -0.25) is 9.59 Å². The fourth-order valence-corrected chi connectivity index (χ4v) is 6.28. The maximum Gasteiger partial charge on any atom is 0.237 e. The van der Waals surface area contributed by atoms with Crippen LogP contribution in [0.3, 0.4) is 0 Å². The van der Waals surface area contributed by atoms with E-state index >= 15 is 0 Å². The third-order valence-electron chi connectivity index (χ3n) is 6.03. The molecule has 0 unspecified atom stereocenters. The molecule has 0 saturated carbocycles. The summed E-state index contributed by atoms with van der Waals surface area (Å²) in [5.41, 5.74) is 0.986. The average molecular weight is 492 g/mol. The minimum Gasteiger partial charge on any atom is -0.366 e. The number of rotatable bonds is 5. The molecule has 2 aliphatic heterocycles. The molecule has 0 aliphatic carbocycles. The first-order valence-corrected chi connectivity index (χ1v) is 13.2. The van der Waals surface area contributed by atoms with Crippen molar-refractivity contribution < 1.29 is 22.4 Å². The topological polar surface area (TPSA) is 86.8 Å². The standard InChI is InChI=1S/C23H26FN3O4S2/c1-15(33(30,31)17-7-8-21-19(14-17)25-23(29)16(2)32-21)13-22(28)27-11-9-26(10-12-27)20-6-4-3-5-18(20)24/h3-8,14-16H,9-13H2,1-2H3,(H,25,29)/t15-,16-/m1/s1. The van der Waals surface area contributed by atoms with Gasteiger partial charge >= 0.3 is 0 Å². The summed E-state index contributed by atoms with van der Waals surface area (Å²) in [5, 5.41) is 1.59. The zero-order chi connectivity index (χ0) is 23.8. The molecule has 0 spiro atoms. The van der Waals surface area contributed by atoms with Crippen LogP contribution in [0.2, 0.25) is 0 Å². The molecule has 1 fully saturated rings. The smallest absolute Gasteiger partial charge is 0.237 e. The first-order chi connectivity index (χ1) is 15.7. The fraction of sp³-hybridized carbons (Fsp3) is 0.391. The minimum absolute atomic E-state index is 0.0846. The number of nitrogens with zero attached hydrogens (tertiary/aromatic N) is 2. The van der Waals surface area contributed by atoms with Crippen LogP contribution in [-0.4, -0.2) is 61.8 Å². The van der Waals surface area contributed by atoms with Crippen LogP contribution in [0.5, 0.6) is 0 Å². The van der Waals surface area contributed by atoms with Gasteiger partial charge in [0.15, 0.2) is 9.84 Å². The number of hydrogen-bond acceptors (Lipinski definition) is 6. The lowest BCUT2D eigenvalue weighted by atomic mass is 10.2. The van der Waals surface area contributed by atoms with E-state index < -0.39 is 15.1 Å². The Morgan fingerprint density at radius 3 is 2.58 bits per heavy atom. The van der Waals surface area contributed by atoms with Crippen molar-refractivity contribution in [1.82, 2.24) is 4.90 Å². The molecule has 10 heteroatoms. The highest BCUT2D eigenvalue weighted by Gasteiger charge is 2.31. The van der Waals surface area contributed by atoms with Crippen molar-refractivity contribution in [2.45, 2.75) is 40.6 Å². The maximum atomic E-state index is 14.0. The number of piperazine rings is 1. The molecule has 2 amide bonds. The monoisotopic (exact) mass is 491 g/mol. The number of amides is 2. The van der Waals surface area contributed by atoms with E-state index in [0.29, 0.717) is 37.6 Å². The Hall–Kier alpha value is -2.59. The van der Waals surface area contributed by atoms with Crippen LogP contribution in [0.25, 0.3) is 0 Å². The molecular formula is C23H26FN3O4S2. The second kappa shape index (κ2) is 9.34. The van der Waals surface area contributed by atoms with Gasteiger partial charge in [0.05, 0.1) is 26.8 Å².